The Bertz CT molecular complexity index is 731. The molecule has 0 aliphatic heterocycles. The summed E-state index contributed by atoms with van der Waals surface area (Å²) in [6.07, 6.45) is 3.18. The van der Waals surface area contributed by atoms with Crippen LogP contribution in [0.1, 0.15) is 16.7 Å². The number of carbonyl (C=O) groups is 1. The average molecular weight is 380 g/mol. The topological polar surface area (TPSA) is 29.1 Å². The van der Waals surface area contributed by atoms with E-state index in [0.29, 0.717) is 16.6 Å². The second-order valence-corrected chi connectivity index (χ2v) is 7.22. The lowest BCUT2D eigenvalue weighted by Crippen LogP contribution is -2.23. The maximum Gasteiger partial charge on any atom is 0.244 e. The predicted octanol–water partition coefficient (Wildman–Crippen LogP) is 5.36. The largest absolute Gasteiger partial charge is 0.352 e. The number of amides is 1. The number of halogens is 2. The van der Waals surface area contributed by atoms with Crippen molar-refractivity contribution in [2.24, 2.45) is 0 Å². The predicted molar refractivity (Wildman–Crippen MR) is 106 cm³/mol. The molecule has 2 rings (SSSR count). The summed E-state index contributed by atoms with van der Waals surface area (Å²) < 4.78 is 0. The molecule has 0 aliphatic rings. The van der Waals surface area contributed by atoms with E-state index in [-0.39, 0.29) is 5.91 Å². The standard InChI is InChI=1S/C19H19Cl2NOS/c1-14-4-2-3-5-16(14)13-24-11-10-22-19(23)9-7-15-6-8-17(20)12-18(15)21/h2-9,12H,10-11,13H2,1H3,(H,22,23)/b9-7+. The third kappa shape index (κ3) is 6.23. The zero-order chi connectivity index (χ0) is 17.4. The summed E-state index contributed by atoms with van der Waals surface area (Å²) in [6, 6.07) is 13.5. The monoisotopic (exact) mass is 379 g/mol. The van der Waals surface area contributed by atoms with E-state index >= 15 is 0 Å². The smallest absolute Gasteiger partial charge is 0.244 e. The normalized spacial score (nSPS) is 11.0. The van der Waals surface area contributed by atoms with Gasteiger partial charge in [0.1, 0.15) is 0 Å². The molecule has 24 heavy (non-hydrogen) atoms. The van der Waals surface area contributed by atoms with Crippen LogP contribution in [-0.4, -0.2) is 18.2 Å². The minimum Gasteiger partial charge on any atom is -0.352 e. The lowest BCUT2D eigenvalue weighted by molar-refractivity contribution is -0.116. The molecule has 0 spiro atoms. The van der Waals surface area contributed by atoms with Gasteiger partial charge in [-0.05, 0) is 41.8 Å². The van der Waals surface area contributed by atoms with Crippen molar-refractivity contribution >= 4 is 46.9 Å². The molecule has 1 N–H and O–H groups in total. The number of hydrogen-bond acceptors (Lipinski definition) is 2. The molecular formula is C19H19Cl2NOS. The van der Waals surface area contributed by atoms with Crippen LogP contribution in [0.2, 0.25) is 10.0 Å². The fraction of sp³-hybridized carbons (Fsp3) is 0.211. The minimum absolute atomic E-state index is 0.127. The second kappa shape index (κ2) is 9.77. The molecule has 0 saturated carbocycles. The number of aryl methyl sites for hydroxylation is 1. The van der Waals surface area contributed by atoms with Crippen LogP contribution in [0.4, 0.5) is 0 Å². The molecule has 0 heterocycles. The zero-order valence-electron chi connectivity index (χ0n) is 13.4. The summed E-state index contributed by atoms with van der Waals surface area (Å²) >= 11 is 13.7. The first-order valence-electron chi connectivity index (χ1n) is 7.59. The first-order valence-corrected chi connectivity index (χ1v) is 9.50. The molecule has 2 aromatic rings. The van der Waals surface area contributed by atoms with Gasteiger partial charge in [-0.1, -0.05) is 53.5 Å². The maximum atomic E-state index is 11.8. The summed E-state index contributed by atoms with van der Waals surface area (Å²) in [7, 11) is 0. The van der Waals surface area contributed by atoms with E-state index in [1.807, 2.05) is 6.07 Å². The highest BCUT2D eigenvalue weighted by Gasteiger charge is 2.00. The third-order valence-electron chi connectivity index (χ3n) is 3.44. The van der Waals surface area contributed by atoms with Crippen molar-refractivity contribution < 1.29 is 4.79 Å². The number of hydrogen-bond donors (Lipinski definition) is 1. The van der Waals surface area contributed by atoms with Crippen molar-refractivity contribution in [1.29, 1.82) is 0 Å². The molecule has 0 aromatic heterocycles. The number of thioether (sulfide) groups is 1. The maximum absolute atomic E-state index is 11.8. The first kappa shape index (κ1) is 18.9. The van der Waals surface area contributed by atoms with E-state index < -0.39 is 0 Å². The molecule has 0 fully saturated rings. The highest BCUT2D eigenvalue weighted by atomic mass is 35.5. The highest BCUT2D eigenvalue weighted by molar-refractivity contribution is 7.98. The van der Waals surface area contributed by atoms with Crippen molar-refractivity contribution in [3.8, 4) is 0 Å². The summed E-state index contributed by atoms with van der Waals surface area (Å²) in [5, 5.41) is 3.97. The van der Waals surface area contributed by atoms with Crippen molar-refractivity contribution in [3.05, 3.63) is 75.3 Å². The Morgan fingerprint density at radius 2 is 2.00 bits per heavy atom. The molecule has 0 atom stereocenters. The van der Waals surface area contributed by atoms with Gasteiger partial charge in [-0.2, -0.15) is 11.8 Å². The van der Waals surface area contributed by atoms with Gasteiger partial charge in [-0.25, -0.2) is 0 Å². The molecule has 2 aromatic carbocycles. The van der Waals surface area contributed by atoms with E-state index in [1.165, 1.54) is 17.2 Å². The summed E-state index contributed by atoms with van der Waals surface area (Å²) in [6.45, 7) is 2.75. The summed E-state index contributed by atoms with van der Waals surface area (Å²) in [5.41, 5.74) is 3.41. The van der Waals surface area contributed by atoms with Gasteiger partial charge >= 0.3 is 0 Å². The quantitative estimate of drug-likeness (QED) is 0.517. The van der Waals surface area contributed by atoms with Gasteiger partial charge in [0.25, 0.3) is 0 Å². The first-order chi connectivity index (χ1) is 11.6. The van der Waals surface area contributed by atoms with Crippen LogP contribution in [0, 0.1) is 6.92 Å². The second-order valence-electron chi connectivity index (χ2n) is 5.27. The number of benzene rings is 2. The van der Waals surface area contributed by atoms with Crippen LogP contribution < -0.4 is 5.32 Å². The van der Waals surface area contributed by atoms with Gasteiger partial charge in [0.15, 0.2) is 0 Å². The summed E-state index contributed by atoms with van der Waals surface area (Å²) in [4.78, 5) is 11.8. The fourth-order valence-electron chi connectivity index (χ4n) is 2.06. The van der Waals surface area contributed by atoms with Gasteiger partial charge in [-0.15, -0.1) is 0 Å². The van der Waals surface area contributed by atoms with E-state index in [1.54, 1.807) is 36.0 Å². The minimum atomic E-state index is -0.127. The number of carbonyl (C=O) groups excluding carboxylic acids is 1. The third-order valence-corrected chi connectivity index (χ3v) is 5.01. The zero-order valence-corrected chi connectivity index (χ0v) is 15.7. The fourth-order valence-corrected chi connectivity index (χ4v) is 3.47. The molecule has 0 saturated heterocycles. The molecule has 5 heteroatoms. The van der Waals surface area contributed by atoms with Gasteiger partial charge in [0, 0.05) is 34.2 Å². The lowest BCUT2D eigenvalue weighted by Gasteiger charge is -2.06. The molecule has 2 nitrogen and oxygen atoms in total. The average Bonchev–Trinajstić information content (AvgIpc) is 2.55. The van der Waals surface area contributed by atoms with E-state index in [0.717, 1.165) is 17.1 Å². The van der Waals surface area contributed by atoms with Gasteiger partial charge in [0.05, 0.1) is 0 Å². The Balaban J connectivity index is 1.70. The van der Waals surface area contributed by atoms with E-state index in [2.05, 4.69) is 30.4 Å². The van der Waals surface area contributed by atoms with Crippen LogP contribution in [0.5, 0.6) is 0 Å². The van der Waals surface area contributed by atoms with E-state index in [9.17, 15) is 4.79 Å². The Hall–Kier alpha value is -1.42. The molecule has 0 unspecified atom stereocenters. The molecule has 126 valence electrons. The van der Waals surface area contributed by atoms with Crippen LogP contribution in [-0.2, 0) is 10.5 Å². The Morgan fingerprint density at radius 1 is 1.21 bits per heavy atom. The van der Waals surface area contributed by atoms with Crippen molar-refractivity contribution in [3.63, 3.8) is 0 Å². The molecule has 1 amide bonds. The van der Waals surface area contributed by atoms with Crippen LogP contribution in [0.15, 0.2) is 48.5 Å². The lowest BCUT2D eigenvalue weighted by atomic mass is 10.1. The molecule has 0 bridgehead atoms. The molecular weight excluding hydrogens is 361 g/mol. The van der Waals surface area contributed by atoms with Gasteiger partial charge in [0.2, 0.25) is 5.91 Å². The van der Waals surface area contributed by atoms with E-state index in [4.69, 9.17) is 23.2 Å². The SMILES string of the molecule is Cc1ccccc1CSCCNC(=O)/C=C/c1ccc(Cl)cc1Cl. The number of rotatable bonds is 7. The summed E-state index contributed by atoms with van der Waals surface area (Å²) in [5.74, 6) is 1.70. The van der Waals surface area contributed by atoms with Crippen LogP contribution in [0.3, 0.4) is 0 Å². The Kier molecular flexibility index (Phi) is 7.70. The number of nitrogens with one attached hydrogen (secondary N) is 1. The molecule has 0 aliphatic carbocycles. The van der Waals surface area contributed by atoms with Crippen molar-refractivity contribution in [2.45, 2.75) is 12.7 Å². The molecule has 0 radical (unpaired) electrons. The van der Waals surface area contributed by atoms with Crippen molar-refractivity contribution in [2.75, 3.05) is 12.3 Å². The highest BCUT2D eigenvalue weighted by Crippen LogP contribution is 2.21. The Labute approximate surface area is 157 Å². The van der Waals surface area contributed by atoms with Crippen LogP contribution in [0.25, 0.3) is 6.08 Å². The van der Waals surface area contributed by atoms with Crippen molar-refractivity contribution in [1.82, 2.24) is 5.32 Å². The Morgan fingerprint density at radius 3 is 2.75 bits per heavy atom. The van der Waals surface area contributed by atoms with Gasteiger partial charge < -0.3 is 5.32 Å². The van der Waals surface area contributed by atoms with Crippen LogP contribution >= 0.6 is 35.0 Å². The van der Waals surface area contributed by atoms with Gasteiger partial charge in [-0.3, -0.25) is 4.79 Å².